The predicted octanol–water partition coefficient (Wildman–Crippen LogP) is 5.23. The van der Waals surface area contributed by atoms with Gasteiger partial charge in [-0.15, -0.1) is 5.10 Å². The number of benzene rings is 2. The van der Waals surface area contributed by atoms with E-state index in [0.717, 1.165) is 16.1 Å². The van der Waals surface area contributed by atoms with Crippen molar-refractivity contribution in [3.8, 4) is 11.5 Å². The maximum Gasteiger partial charge on any atom is 0.288 e. The molecule has 0 radical (unpaired) electrons. The molecule has 4 nitrogen and oxygen atoms in total. The van der Waals surface area contributed by atoms with Crippen molar-refractivity contribution in [2.45, 2.75) is 27.1 Å². The zero-order valence-corrected chi connectivity index (χ0v) is 16.1. The number of rotatable bonds is 5. The van der Waals surface area contributed by atoms with Crippen LogP contribution in [0.2, 0.25) is 5.02 Å². The fourth-order valence-electron chi connectivity index (χ4n) is 2.58. The Balaban J connectivity index is 1.77. The van der Waals surface area contributed by atoms with E-state index in [9.17, 15) is 0 Å². The summed E-state index contributed by atoms with van der Waals surface area (Å²) in [4.78, 5) is 2.45. The maximum atomic E-state index is 6.23. The van der Waals surface area contributed by atoms with E-state index in [0.29, 0.717) is 23.9 Å². The monoisotopic (exact) mass is 373 g/mol. The van der Waals surface area contributed by atoms with Gasteiger partial charge in [0.1, 0.15) is 0 Å². The molecular formula is C19H20ClN3OS. The molecule has 0 amide bonds. The van der Waals surface area contributed by atoms with Crippen LogP contribution in [0.1, 0.15) is 16.7 Å². The van der Waals surface area contributed by atoms with Crippen LogP contribution >= 0.6 is 23.8 Å². The minimum Gasteiger partial charge on any atom is -0.409 e. The Morgan fingerprint density at radius 3 is 2.64 bits per heavy atom. The average Bonchev–Trinajstić information content (AvgIpc) is 2.93. The third-order valence-electron chi connectivity index (χ3n) is 4.13. The van der Waals surface area contributed by atoms with E-state index in [-0.39, 0.29) is 0 Å². The Labute approximate surface area is 157 Å². The number of halogens is 1. The van der Waals surface area contributed by atoms with Gasteiger partial charge in [-0.05, 0) is 68.0 Å². The van der Waals surface area contributed by atoms with Crippen LogP contribution in [0.5, 0.6) is 0 Å². The summed E-state index contributed by atoms with van der Waals surface area (Å²) in [6, 6.07) is 13.9. The predicted molar refractivity (Wildman–Crippen MR) is 103 cm³/mol. The third kappa shape index (κ3) is 4.18. The van der Waals surface area contributed by atoms with Gasteiger partial charge in [-0.1, -0.05) is 35.9 Å². The van der Waals surface area contributed by atoms with Crippen molar-refractivity contribution in [1.82, 2.24) is 14.7 Å². The first kappa shape index (κ1) is 17.9. The lowest BCUT2D eigenvalue weighted by atomic mass is 10.1. The molecule has 3 rings (SSSR count). The van der Waals surface area contributed by atoms with Crippen molar-refractivity contribution in [3.05, 3.63) is 69.0 Å². The molecule has 1 aromatic heterocycles. The summed E-state index contributed by atoms with van der Waals surface area (Å²) in [5, 5.41) is 5.28. The molecule has 3 aromatic rings. The fraction of sp³-hybridized carbons (Fsp3) is 0.263. The van der Waals surface area contributed by atoms with E-state index in [4.69, 9.17) is 28.2 Å². The molecule has 0 saturated carbocycles. The van der Waals surface area contributed by atoms with E-state index in [1.54, 1.807) is 4.68 Å². The summed E-state index contributed by atoms with van der Waals surface area (Å²) in [5.74, 6) is 0.541. The van der Waals surface area contributed by atoms with Crippen LogP contribution < -0.4 is 0 Å². The van der Waals surface area contributed by atoms with Crippen molar-refractivity contribution in [1.29, 1.82) is 0 Å². The number of aromatic nitrogens is 2. The van der Waals surface area contributed by atoms with Gasteiger partial charge in [0.05, 0.1) is 6.67 Å². The Morgan fingerprint density at radius 2 is 1.92 bits per heavy atom. The van der Waals surface area contributed by atoms with Gasteiger partial charge in [-0.3, -0.25) is 4.90 Å². The minimum atomic E-state index is 0.360. The zero-order chi connectivity index (χ0) is 18.0. The summed E-state index contributed by atoms with van der Waals surface area (Å²) in [5.41, 5.74) is 4.43. The van der Waals surface area contributed by atoms with Crippen LogP contribution in [0.3, 0.4) is 0 Å². The molecule has 6 heteroatoms. The molecule has 0 aliphatic heterocycles. The second-order valence-corrected chi connectivity index (χ2v) is 6.98. The van der Waals surface area contributed by atoms with Crippen molar-refractivity contribution in [2.24, 2.45) is 0 Å². The molecule has 0 aliphatic rings. The van der Waals surface area contributed by atoms with Gasteiger partial charge in [0.25, 0.3) is 4.84 Å². The van der Waals surface area contributed by atoms with Gasteiger partial charge in [0.15, 0.2) is 0 Å². The molecule has 0 fully saturated rings. The van der Waals surface area contributed by atoms with Gasteiger partial charge >= 0.3 is 0 Å². The first-order chi connectivity index (χ1) is 11.9. The third-order valence-corrected chi connectivity index (χ3v) is 4.80. The molecule has 0 atom stereocenters. The molecule has 0 N–H and O–H groups in total. The topological polar surface area (TPSA) is 34.2 Å². The van der Waals surface area contributed by atoms with Gasteiger partial charge < -0.3 is 4.42 Å². The summed E-state index contributed by atoms with van der Waals surface area (Å²) >= 11 is 11.5. The van der Waals surface area contributed by atoms with Crippen molar-refractivity contribution < 1.29 is 4.42 Å². The van der Waals surface area contributed by atoms with Crippen LogP contribution in [0.25, 0.3) is 11.5 Å². The molecule has 0 bridgehead atoms. The quantitative estimate of drug-likeness (QED) is 0.573. The van der Waals surface area contributed by atoms with E-state index < -0.39 is 0 Å². The standard InChI is InChI=1S/C19H20ClN3OS/c1-13-8-9-15(10-14(13)2)18-21-23(19(25)24-18)12-22(3)11-16-6-4-5-7-17(16)20/h4-10H,11-12H2,1-3H3. The lowest BCUT2D eigenvalue weighted by Gasteiger charge is -2.16. The summed E-state index contributed by atoms with van der Waals surface area (Å²) < 4.78 is 7.38. The molecule has 0 unspecified atom stereocenters. The molecule has 0 spiro atoms. The Hall–Kier alpha value is -1.95. The highest BCUT2D eigenvalue weighted by Crippen LogP contribution is 2.21. The zero-order valence-electron chi connectivity index (χ0n) is 14.5. The molecule has 25 heavy (non-hydrogen) atoms. The van der Waals surface area contributed by atoms with Crippen molar-refractivity contribution in [2.75, 3.05) is 7.05 Å². The highest BCUT2D eigenvalue weighted by Gasteiger charge is 2.11. The van der Waals surface area contributed by atoms with Crippen LogP contribution in [0.4, 0.5) is 0 Å². The highest BCUT2D eigenvalue weighted by molar-refractivity contribution is 7.71. The first-order valence-electron chi connectivity index (χ1n) is 8.01. The molecule has 130 valence electrons. The normalized spacial score (nSPS) is 11.2. The first-order valence-corrected chi connectivity index (χ1v) is 8.80. The van der Waals surface area contributed by atoms with Gasteiger partial charge in [0.2, 0.25) is 5.89 Å². The van der Waals surface area contributed by atoms with Crippen LogP contribution in [0.15, 0.2) is 46.9 Å². The fourth-order valence-corrected chi connectivity index (χ4v) is 2.96. The molecule has 0 saturated heterocycles. The Morgan fingerprint density at radius 1 is 1.16 bits per heavy atom. The summed E-state index contributed by atoms with van der Waals surface area (Å²) in [7, 11) is 2.00. The number of nitrogens with zero attached hydrogens (tertiary/aromatic N) is 3. The second-order valence-electron chi connectivity index (χ2n) is 6.22. The summed E-state index contributed by atoms with van der Waals surface area (Å²) in [6.07, 6.45) is 0. The molecule has 0 aliphatic carbocycles. The van der Waals surface area contributed by atoms with Gasteiger partial charge in [0, 0.05) is 17.1 Å². The average molecular weight is 374 g/mol. The van der Waals surface area contributed by atoms with Crippen LogP contribution in [-0.4, -0.2) is 21.7 Å². The van der Waals surface area contributed by atoms with E-state index in [1.165, 1.54) is 11.1 Å². The highest BCUT2D eigenvalue weighted by atomic mass is 35.5. The number of aryl methyl sites for hydroxylation is 2. The van der Waals surface area contributed by atoms with E-state index in [2.05, 4.69) is 36.0 Å². The summed E-state index contributed by atoms with van der Waals surface area (Å²) in [6.45, 7) is 5.38. The maximum absolute atomic E-state index is 6.23. The minimum absolute atomic E-state index is 0.360. The Kier molecular flexibility index (Phi) is 5.37. The number of hydrogen-bond donors (Lipinski definition) is 0. The van der Waals surface area contributed by atoms with Gasteiger partial charge in [-0.2, -0.15) is 0 Å². The Bertz CT molecular complexity index is 948. The molecule has 2 aromatic carbocycles. The largest absolute Gasteiger partial charge is 0.409 e. The smallest absolute Gasteiger partial charge is 0.288 e. The molecular weight excluding hydrogens is 354 g/mol. The van der Waals surface area contributed by atoms with Crippen molar-refractivity contribution >= 4 is 23.8 Å². The van der Waals surface area contributed by atoms with E-state index >= 15 is 0 Å². The lowest BCUT2D eigenvalue weighted by Crippen LogP contribution is -2.22. The van der Waals surface area contributed by atoms with Crippen molar-refractivity contribution in [3.63, 3.8) is 0 Å². The second kappa shape index (κ2) is 7.52. The molecule has 1 heterocycles. The lowest BCUT2D eigenvalue weighted by molar-refractivity contribution is 0.241. The van der Waals surface area contributed by atoms with E-state index in [1.807, 2.05) is 37.4 Å². The van der Waals surface area contributed by atoms with Gasteiger partial charge in [-0.25, -0.2) is 4.68 Å². The van der Waals surface area contributed by atoms with Crippen LogP contribution in [-0.2, 0) is 13.2 Å². The number of hydrogen-bond acceptors (Lipinski definition) is 4. The van der Waals surface area contributed by atoms with Crippen LogP contribution in [0, 0.1) is 18.7 Å². The SMILES string of the molecule is Cc1ccc(-c2nn(CN(C)Cc3ccccc3Cl)c(=S)o2)cc1C.